The standard InChI is InChI=1S/C14H14N6/c1-20-9-11(8-16-20)14-17-12(7-13(18-14)19-15)10-5-3-2-4-6-10/h2-9H,15H2,1H3,(H,17,18,19). The van der Waals surface area contributed by atoms with Crippen LogP contribution >= 0.6 is 0 Å². The van der Waals surface area contributed by atoms with E-state index in [1.165, 1.54) is 0 Å². The molecule has 0 unspecified atom stereocenters. The zero-order valence-corrected chi connectivity index (χ0v) is 11.0. The molecular formula is C14H14N6. The summed E-state index contributed by atoms with van der Waals surface area (Å²) in [5.74, 6) is 6.65. The Labute approximate surface area is 116 Å². The third-order valence-electron chi connectivity index (χ3n) is 2.91. The predicted molar refractivity (Wildman–Crippen MR) is 77.5 cm³/mol. The van der Waals surface area contributed by atoms with Crippen LogP contribution in [0.1, 0.15) is 0 Å². The number of hydrazine groups is 1. The van der Waals surface area contributed by atoms with Crippen molar-refractivity contribution in [1.29, 1.82) is 0 Å². The Hall–Kier alpha value is -2.73. The molecule has 0 bridgehead atoms. The molecule has 0 radical (unpaired) electrons. The van der Waals surface area contributed by atoms with Gasteiger partial charge in [0.05, 0.1) is 17.5 Å². The Morgan fingerprint density at radius 3 is 2.55 bits per heavy atom. The normalized spacial score (nSPS) is 10.5. The molecule has 6 heteroatoms. The van der Waals surface area contributed by atoms with Crippen LogP contribution in [0.15, 0.2) is 48.8 Å². The van der Waals surface area contributed by atoms with E-state index >= 15 is 0 Å². The average Bonchev–Trinajstić information content (AvgIpc) is 2.94. The predicted octanol–water partition coefficient (Wildman–Crippen LogP) is 1.83. The SMILES string of the molecule is Cn1cc(-c2nc(NN)cc(-c3ccccc3)n2)cn1. The van der Waals surface area contributed by atoms with Crippen molar-refractivity contribution in [1.82, 2.24) is 19.7 Å². The largest absolute Gasteiger partial charge is 0.308 e. The molecule has 6 nitrogen and oxygen atoms in total. The minimum Gasteiger partial charge on any atom is -0.308 e. The molecule has 0 saturated heterocycles. The van der Waals surface area contributed by atoms with Gasteiger partial charge in [0.1, 0.15) is 5.82 Å². The summed E-state index contributed by atoms with van der Waals surface area (Å²) in [6.45, 7) is 0. The van der Waals surface area contributed by atoms with Gasteiger partial charge in [-0.1, -0.05) is 30.3 Å². The fourth-order valence-electron chi connectivity index (χ4n) is 1.94. The van der Waals surface area contributed by atoms with Gasteiger partial charge in [0.2, 0.25) is 0 Å². The minimum absolute atomic E-state index is 0.567. The van der Waals surface area contributed by atoms with E-state index < -0.39 is 0 Å². The van der Waals surface area contributed by atoms with Gasteiger partial charge in [-0.25, -0.2) is 15.8 Å². The number of anilines is 1. The number of nitrogen functional groups attached to an aromatic ring is 1. The fourth-order valence-corrected chi connectivity index (χ4v) is 1.94. The van der Waals surface area contributed by atoms with Crippen LogP contribution in [0.5, 0.6) is 0 Å². The second-order valence-electron chi connectivity index (χ2n) is 4.38. The van der Waals surface area contributed by atoms with Crippen LogP contribution in [0, 0.1) is 0 Å². The van der Waals surface area contributed by atoms with Gasteiger partial charge in [0, 0.05) is 24.9 Å². The first kappa shape index (κ1) is 12.3. The van der Waals surface area contributed by atoms with Gasteiger partial charge in [-0.3, -0.25) is 4.68 Å². The number of aryl methyl sites for hydroxylation is 1. The molecular weight excluding hydrogens is 252 g/mol. The molecule has 0 fully saturated rings. The molecule has 1 aromatic carbocycles. The van der Waals surface area contributed by atoms with Crippen molar-refractivity contribution in [3.05, 3.63) is 48.8 Å². The molecule has 0 saturated carbocycles. The topological polar surface area (TPSA) is 81.7 Å². The van der Waals surface area contributed by atoms with Crippen LogP contribution in [0.4, 0.5) is 5.82 Å². The first-order valence-electron chi connectivity index (χ1n) is 6.16. The van der Waals surface area contributed by atoms with Crippen LogP contribution in [0.25, 0.3) is 22.6 Å². The number of rotatable bonds is 3. The summed E-state index contributed by atoms with van der Waals surface area (Å²) in [5, 5.41) is 4.14. The summed E-state index contributed by atoms with van der Waals surface area (Å²) in [6, 6.07) is 11.7. The Kier molecular flexibility index (Phi) is 3.14. The molecule has 20 heavy (non-hydrogen) atoms. The Bertz CT molecular complexity index is 720. The molecule has 3 N–H and O–H groups in total. The lowest BCUT2D eigenvalue weighted by Crippen LogP contribution is -2.09. The lowest BCUT2D eigenvalue weighted by molar-refractivity contribution is 0.768. The molecule has 0 spiro atoms. The summed E-state index contributed by atoms with van der Waals surface area (Å²) in [5.41, 5.74) is 5.25. The van der Waals surface area contributed by atoms with E-state index in [9.17, 15) is 0 Å². The lowest BCUT2D eigenvalue weighted by atomic mass is 10.1. The van der Waals surface area contributed by atoms with Crippen molar-refractivity contribution in [2.75, 3.05) is 5.43 Å². The molecule has 3 rings (SSSR count). The first-order chi connectivity index (χ1) is 9.76. The van der Waals surface area contributed by atoms with Crippen molar-refractivity contribution >= 4 is 5.82 Å². The number of hydrogen-bond acceptors (Lipinski definition) is 5. The molecule has 2 heterocycles. The maximum atomic E-state index is 5.49. The third kappa shape index (κ3) is 2.36. The molecule has 3 aromatic rings. The van der Waals surface area contributed by atoms with Gasteiger partial charge in [0.15, 0.2) is 5.82 Å². The van der Waals surface area contributed by atoms with Crippen molar-refractivity contribution in [3.63, 3.8) is 0 Å². The van der Waals surface area contributed by atoms with Crippen molar-refractivity contribution in [2.24, 2.45) is 12.9 Å². The van der Waals surface area contributed by atoms with E-state index in [2.05, 4.69) is 20.5 Å². The number of nitrogens with zero attached hydrogens (tertiary/aromatic N) is 4. The Balaban J connectivity index is 2.12. The van der Waals surface area contributed by atoms with Crippen LogP contribution in [-0.4, -0.2) is 19.7 Å². The highest BCUT2D eigenvalue weighted by Crippen LogP contribution is 2.23. The summed E-state index contributed by atoms with van der Waals surface area (Å²) in [6.07, 6.45) is 3.59. The molecule has 100 valence electrons. The number of benzene rings is 1. The molecule has 2 aromatic heterocycles. The van der Waals surface area contributed by atoms with Crippen molar-refractivity contribution in [2.45, 2.75) is 0 Å². The lowest BCUT2D eigenvalue weighted by Gasteiger charge is -2.06. The number of nitrogens with two attached hydrogens (primary N) is 1. The monoisotopic (exact) mass is 266 g/mol. The average molecular weight is 266 g/mol. The molecule has 0 aliphatic rings. The zero-order valence-electron chi connectivity index (χ0n) is 11.0. The quantitative estimate of drug-likeness (QED) is 0.558. The van der Waals surface area contributed by atoms with Gasteiger partial charge in [-0.15, -0.1) is 0 Å². The summed E-state index contributed by atoms with van der Waals surface area (Å²) in [7, 11) is 1.85. The van der Waals surface area contributed by atoms with E-state index in [1.807, 2.05) is 49.6 Å². The smallest absolute Gasteiger partial charge is 0.165 e. The van der Waals surface area contributed by atoms with E-state index in [4.69, 9.17) is 5.84 Å². The number of nitrogens with one attached hydrogen (secondary N) is 1. The van der Waals surface area contributed by atoms with E-state index in [-0.39, 0.29) is 0 Å². The fraction of sp³-hybridized carbons (Fsp3) is 0.0714. The van der Waals surface area contributed by atoms with Crippen molar-refractivity contribution in [3.8, 4) is 22.6 Å². The highest BCUT2D eigenvalue weighted by Gasteiger charge is 2.09. The molecule has 0 aliphatic carbocycles. The van der Waals surface area contributed by atoms with Gasteiger partial charge in [-0.05, 0) is 0 Å². The molecule has 0 amide bonds. The number of aromatic nitrogens is 4. The van der Waals surface area contributed by atoms with Gasteiger partial charge in [-0.2, -0.15) is 5.10 Å². The van der Waals surface area contributed by atoms with E-state index in [0.717, 1.165) is 16.8 Å². The van der Waals surface area contributed by atoms with Gasteiger partial charge in [0.25, 0.3) is 0 Å². The van der Waals surface area contributed by atoms with E-state index in [0.29, 0.717) is 11.6 Å². The second-order valence-corrected chi connectivity index (χ2v) is 4.38. The Morgan fingerprint density at radius 2 is 1.90 bits per heavy atom. The first-order valence-corrected chi connectivity index (χ1v) is 6.16. The van der Waals surface area contributed by atoms with E-state index in [1.54, 1.807) is 10.9 Å². The third-order valence-corrected chi connectivity index (χ3v) is 2.91. The highest BCUT2D eigenvalue weighted by atomic mass is 15.3. The maximum Gasteiger partial charge on any atom is 0.165 e. The zero-order chi connectivity index (χ0) is 13.9. The molecule has 0 aliphatic heterocycles. The van der Waals surface area contributed by atoms with Crippen molar-refractivity contribution < 1.29 is 0 Å². The number of hydrogen-bond donors (Lipinski definition) is 2. The van der Waals surface area contributed by atoms with Crippen LogP contribution in [-0.2, 0) is 7.05 Å². The summed E-state index contributed by atoms with van der Waals surface area (Å²) in [4.78, 5) is 8.94. The summed E-state index contributed by atoms with van der Waals surface area (Å²) < 4.78 is 1.71. The van der Waals surface area contributed by atoms with Crippen LogP contribution in [0.3, 0.4) is 0 Å². The van der Waals surface area contributed by atoms with Gasteiger partial charge < -0.3 is 5.43 Å². The molecule has 0 atom stereocenters. The summed E-state index contributed by atoms with van der Waals surface area (Å²) >= 11 is 0. The Morgan fingerprint density at radius 1 is 1.10 bits per heavy atom. The van der Waals surface area contributed by atoms with Crippen LogP contribution < -0.4 is 11.3 Å². The second kappa shape index (κ2) is 5.10. The van der Waals surface area contributed by atoms with Gasteiger partial charge >= 0.3 is 0 Å². The van der Waals surface area contributed by atoms with Crippen LogP contribution in [0.2, 0.25) is 0 Å². The maximum absolute atomic E-state index is 5.49. The minimum atomic E-state index is 0.567. The highest BCUT2D eigenvalue weighted by molar-refractivity contribution is 5.66.